The smallest absolute Gasteiger partial charge is 0.242 e. The topological polar surface area (TPSA) is 50.8 Å². The molecule has 5 nitrogen and oxygen atoms in total. The lowest BCUT2D eigenvalue weighted by atomic mass is 10.0. The highest BCUT2D eigenvalue weighted by molar-refractivity contribution is 9.10. The molecule has 1 saturated heterocycles. The van der Waals surface area contributed by atoms with E-state index in [1.165, 1.54) is 0 Å². The second kappa shape index (κ2) is 9.24. The van der Waals surface area contributed by atoms with Gasteiger partial charge in [-0.05, 0) is 49.7 Å². The van der Waals surface area contributed by atoms with Crippen molar-refractivity contribution < 1.29 is 14.3 Å². The fourth-order valence-electron chi connectivity index (χ4n) is 3.58. The number of para-hydroxylation sites is 1. The quantitative estimate of drug-likeness (QED) is 0.719. The molecule has 1 aliphatic rings. The minimum atomic E-state index is -0.290. The van der Waals surface area contributed by atoms with Crippen LogP contribution in [0.4, 0.5) is 0 Å². The molecule has 2 aromatic carbocycles. The average Bonchev–Trinajstić information content (AvgIpc) is 3.20. The fourth-order valence-corrected chi connectivity index (χ4v) is 3.99. The van der Waals surface area contributed by atoms with Crippen molar-refractivity contribution in [1.82, 2.24) is 10.2 Å². The van der Waals surface area contributed by atoms with Gasteiger partial charge in [-0.1, -0.05) is 40.2 Å². The summed E-state index contributed by atoms with van der Waals surface area (Å²) in [6.07, 6.45) is 2.25. The molecule has 1 amide bonds. The van der Waals surface area contributed by atoms with E-state index < -0.39 is 0 Å². The Kier molecular flexibility index (Phi) is 6.74. The highest BCUT2D eigenvalue weighted by atomic mass is 79.9. The number of halogens is 1. The third-order valence-electron chi connectivity index (χ3n) is 4.86. The highest BCUT2D eigenvalue weighted by Gasteiger charge is 2.29. The molecule has 1 fully saturated rings. The average molecular weight is 433 g/mol. The number of ether oxygens (including phenoxy) is 2. The van der Waals surface area contributed by atoms with E-state index in [-0.39, 0.29) is 11.9 Å². The first kappa shape index (κ1) is 19.7. The zero-order valence-corrected chi connectivity index (χ0v) is 17.3. The zero-order chi connectivity index (χ0) is 19.2. The Morgan fingerprint density at radius 1 is 1.15 bits per heavy atom. The molecule has 1 heterocycles. The van der Waals surface area contributed by atoms with Crippen molar-refractivity contribution >= 4 is 21.8 Å². The molecule has 27 heavy (non-hydrogen) atoms. The van der Waals surface area contributed by atoms with E-state index in [0.29, 0.717) is 18.0 Å². The zero-order valence-electron chi connectivity index (χ0n) is 15.7. The maximum Gasteiger partial charge on any atom is 0.242 e. The first-order valence-corrected chi connectivity index (χ1v) is 9.90. The van der Waals surface area contributed by atoms with Crippen LogP contribution in [0.3, 0.4) is 0 Å². The van der Waals surface area contributed by atoms with Crippen LogP contribution in [0.25, 0.3) is 0 Å². The predicted octanol–water partition coefficient (Wildman–Crippen LogP) is 3.92. The minimum absolute atomic E-state index is 0.000118. The Balaban J connectivity index is 1.79. The van der Waals surface area contributed by atoms with E-state index in [2.05, 4.69) is 26.1 Å². The van der Waals surface area contributed by atoms with Gasteiger partial charge in [0.15, 0.2) is 11.5 Å². The van der Waals surface area contributed by atoms with Crippen LogP contribution in [0.2, 0.25) is 0 Å². The number of benzene rings is 2. The van der Waals surface area contributed by atoms with E-state index in [9.17, 15) is 4.79 Å². The molecule has 0 aliphatic carbocycles. The van der Waals surface area contributed by atoms with Crippen molar-refractivity contribution in [2.24, 2.45) is 0 Å². The van der Waals surface area contributed by atoms with Gasteiger partial charge in [-0.25, -0.2) is 0 Å². The maximum absolute atomic E-state index is 13.1. The molecule has 0 radical (unpaired) electrons. The van der Waals surface area contributed by atoms with Crippen LogP contribution in [-0.2, 0) is 11.3 Å². The lowest BCUT2D eigenvalue weighted by Crippen LogP contribution is -2.39. The molecule has 0 aromatic heterocycles. The van der Waals surface area contributed by atoms with Crippen LogP contribution in [0.15, 0.2) is 46.9 Å². The molecule has 0 saturated carbocycles. The Morgan fingerprint density at radius 2 is 1.89 bits per heavy atom. The van der Waals surface area contributed by atoms with Crippen LogP contribution in [0.5, 0.6) is 11.5 Å². The molecule has 1 N–H and O–H groups in total. The van der Waals surface area contributed by atoms with Gasteiger partial charge in [0.1, 0.15) is 6.04 Å². The number of likely N-dealkylation sites (tertiary alicyclic amines) is 1. The summed E-state index contributed by atoms with van der Waals surface area (Å²) in [6, 6.07) is 13.4. The fraction of sp³-hybridized carbons (Fsp3) is 0.381. The third-order valence-corrected chi connectivity index (χ3v) is 5.35. The summed E-state index contributed by atoms with van der Waals surface area (Å²) in [4.78, 5) is 15.4. The molecule has 2 aromatic rings. The van der Waals surface area contributed by atoms with Crippen LogP contribution in [-0.4, -0.2) is 38.1 Å². The molecule has 0 bridgehead atoms. The first-order chi connectivity index (χ1) is 13.1. The molecular formula is C21H25BrN2O3. The number of nitrogens with one attached hydrogen (secondary N) is 1. The summed E-state index contributed by atoms with van der Waals surface area (Å²) in [7, 11) is 3.22. The van der Waals surface area contributed by atoms with Gasteiger partial charge in [0, 0.05) is 16.6 Å². The number of carbonyl (C=O) groups excluding carboxylic acids is 1. The minimum Gasteiger partial charge on any atom is -0.493 e. The summed E-state index contributed by atoms with van der Waals surface area (Å²) >= 11 is 3.52. The van der Waals surface area contributed by atoms with Gasteiger partial charge in [0.05, 0.1) is 14.2 Å². The van der Waals surface area contributed by atoms with Gasteiger partial charge in [0.2, 0.25) is 5.91 Å². The van der Waals surface area contributed by atoms with E-state index in [1.807, 2.05) is 42.5 Å². The molecule has 144 valence electrons. The van der Waals surface area contributed by atoms with Gasteiger partial charge < -0.3 is 14.8 Å². The van der Waals surface area contributed by atoms with Gasteiger partial charge >= 0.3 is 0 Å². The molecule has 0 unspecified atom stereocenters. The summed E-state index contributed by atoms with van der Waals surface area (Å²) in [6.45, 7) is 2.26. The maximum atomic E-state index is 13.1. The number of nitrogens with zero attached hydrogens (tertiary/aromatic N) is 1. The summed E-state index contributed by atoms with van der Waals surface area (Å²) < 4.78 is 11.8. The van der Waals surface area contributed by atoms with Crippen molar-refractivity contribution in [1.29, 1.82) is 0 Å². The van der Waals surface area contributed by atoms with Crippen molar-refractivity contribution in [3.8, 4) is 11.5 Å². The highest BCUT2D eigenvalue weighted by Crippen LogP contribution is 2.31. The number of carbonyl (C=O) groups is 1. The van der Waals surface area contributed by atoms with Crippen molar-refractivity contribution in [2.75, 3.05) is 27.3 Å². The lowest BCUT2D eigenvalue weighted by molar-refractivity contribution is -0.126. The van der Waals surface area contributed by atoms with Crippen LogP contribution >= 0.6 is 15.9 Å². The summed E-state index contributed by atoms with van der Waals surface area (Å²) in [5, 5.41) is 3.09. The van der Waals surface area contributed by atoms with Crippen molar-refractivity contribution in [3.63, 3.8) is 0 Å². The first-order valence-electron chi connectivity index (χ1n) is 9.11. The second-order valence-electron chi connectivity index (χ2n) is 6.57. The van der Waals surface area contributed by atoms with E-state index in [1.54, 1.807) is 14.2 Å². The summed E-state index contributed by atoms with van der Waals surface area (Å²) in [5.41, 5.74) is 1.89. The number of rotatable bonds is 7. The molecule has 6 heteroatoms. The van der Waals surface area contributed by atoms with Gasteiger partial charge in [0.25, 0.3) is 0 Å². The SMILES string of the molecule is COc1cccc(CNC(=O)[C@H](c2cccc(Br)c2)N2CCCC2)c1OC. The van der Waals surface area contributed by atoms with E-state index >= 15 is 0 Å². The van der Waals surface area contributed by atoms with Gasteiger partial charge in [-0.15, -0.1) is 0 Å². The normalized spacial score (nSPS) is 15.4. The Hall–Kier alpha value is -2.05. The second-order valence-corrected chi connectivity index (χ2v) is 7.49. The predicted molar refractivity (Wildman–Crippen MR) is 109 cm³/mol. The number of amides is 1. The Bertz CT molecular complexity index is 791. The van der Waals surface area contributed by atoms with Crippen molar-refractivity contribution in [3.05, 3.63) is 58.1 Å². The Labute approximate surface area is 168 Å². The molecule has 1 atom stereocenters. The monoisotopic (exact) mass is 432 g/mol. The molecule has 0 spiro atoms. The Morgan fingerprint density at radius 3 is 2.56 bits per heavy atom. The van der Waals surface area contributed by atoms with Crippen LogP contribution in [0.1, 0.15) is 30.0 Å². The molecule has 3 rings (SSSR count). The standard InChI is InChI=1S/C21H25BrN2O3/c1-26-18-10-6-8-16(20(18)27-2)14-23-21(25)19(24-11-3-4-12-24)15-7-5-9-17(22)13-15/h5-10,13,19H,3-4,11-12,14H2,1-2H3,(H,23,25)/t19-/m0/s1. The molecule has 1 aliphatic heterocycles. The van der Waals surface area contributed by atoms with E-state index in [4.69, 9.17) is 9.47 Å². The largest absolute Gasteiger partial charge is 0.493 e. The number of hydrogen-bond acceptors (Lipinski definition) is 4. The van der Waals surface area contributed by atoms with Gasteiger partial charge in [-0.2, -0.15) is 0 Å². The third kappa shape index (κ3) is 4.62. The van der Waals surface area contributed by atoms with Gasteiger partial charge in [-0.3, -0.25) is 9.69 Å². The van der Waals surface area contributed by atoms with Crippen molar-refractivity contribution in [2.45, 2.75) is 25.4 Å². The lowest BCUT2D eigenvalue weighted by Gasteiger charge is -2.27. The van der Waals surface area contributed by atoms with Crippen LogP contribution in [0, 0.1) is 0 Å². The van der Waals surface area contributed by atoms with E-state index in [0.717, 1.165) is 41.5 Å². The molecular weight excluding hydrogens is 408 g/mol. The summed E-state index contributed by atoms with van der Waals surface area (Å²) in [5.74, 6) is 1.31. The van der Waals surface area contributed by atoms with Crippen LogP contribution < -0.4 is 14.8 Å². The number of hydrogen-bond donors (Lipinski definition) is 1. The number of methoxy groups -OCH3 is 2.